The molecule has 1 saturated heterocycles. The lowest BCUT2D eigenvalue weighted by molar-refractivity contribution is 0.0947. The summed E-state index contributed by atoms with van der Waals surface area (Å²) in [6.45, 7) is 0.574. The zero-order valence-corrected chi connectivity index (χ0v) is 15.6. The maximum Gasteiger partial charge on any atom is 0.263 e. The molecule has 1 N–H and O–H groups in total. The van der Waals surface area contributed by atoms with Crippen LogP contribution in [-0.4, -0.2) is 41.5 Å². The third-order valence-electron chi connectivity index (χ3n) is 4.39. The maximum absolute atomic E-state index is 13.7. The number of hydrogen-bond donors (Lipinski definition) is 1. The van der Waals surface area contributed by atoms with Gasteiger partial charge in [-0.05, 0) is 18.9 Å². The van der Waals surface area contributed by atoms with Crippen LogP contribution in [0.25, 0.3) is 0 Å². The molecule has 0 saturated carbocycles. The Kier molecular flexibility index (Phi) is 5.56. The minimum atomic E-state index is -3.90. The molecule has 0 bridgehead atoms. The van der Waals surface area contributed by atoms with Crippen molar-refractivity contribution in [2.45, 2.75) is 30.8 Å². The average Bonchev–Trinajstić information content (AvgIpc) is 3.04. The van der Waals surface area contributed by atoms with Crippen molar-refractivity contribution in [3.05, 3.63) is 47.2 Å². The molecule has 1 aromatic carbocycles. The number of benzene rings is 1. The summed E-state index contributed by atoms with van der Waals surface area (Å²) in [5.74, 6) is -2.20. The molecule has 0 spiro atoms. The van der Waals surface area contributed by atoms with Crippen LogP contribution in [0.1, 0.15) is 35.2 Å². The number of hydrogen-bond acceptors (Lipinski definition) is 4. The van der Waals surface area contributed by atoms with Crippen molar-refractivity contribution in [1.29, 1.82) is 0 Å². The lowest BCUT2D eigenvalue weighted by Crippen LogP contribution is -2.37. The SMILES string of the molecule is Cn1cc(C(=O)NCc2ccc(F)cc2F)c(S(=O)(=O)N2CCCCC2)n1. The van der Waals surface area contributed by atoms with E-state index in [1.165, 1.54) is 28.3 Å². The van der Waals surface area contributed by atoms with Crippen molar-refractivity contribution < 1.29 is 22.0 Å². The Bertz CT molecular complexity index is 953. The fourth-order valence-electron chi connectivity index (χ4n) is 2.98. The summed E-state index contributed by atoms with van der Waals surface area (Å²) in [6.07, 6.45) is 3.80. The number of nitrogens with one attached hydrogen (secondary N) is 1. The number of aromatic nitrogens is 2. The number of rotatable bonds is 5. The van der Waals surface area contributed by atoms with Crippen LogP contribution in [0.5, 0.6) is 0 Å². The first-order valence-electron chi connectivity index (χ1n) is 8.55. The largest absolute Gasteiger partial charge is 0.348 e. The number of nitrogens with zero attached hydrogens (tertiary/aromatic N) is 3. The van der Waals surface area contributed by atoms with Gasteiger partial charge in [-0.25, -0.2) is 17.2 Å². The van der Waals surface area contributed by atoms with Crippen molar-refractivity contribution >= 4 is 15.9 Å². The van der Waals surface area contributed by atoms with Crippen LogP contribution in [-0.2, 0) is 23.6 Å². The molecule has 27 heavy (non-hydrogen) atoms. The number of carbonyl (C=O) groups is 1. The van der Waals surface area contributed by atoms with Gasteiger partial charge in [0.15, 0.2) is 0 Å². The molecular weight excluding hydrogens is 378 g/mol. The average molecular weight is 398 g/mol. The summed E-state index contributed by atoms with van der Waals surface area (Å²) >= 11 is 0. The van der Waals surface area contributed by atoms with Gasteiger partial charge in [-0.2, -0.15) is 9.40 Å². The van der Waals surface area contributed by atoms with Gasteiger partial charge in [0, 0.05) is 44.5 Å². The van der Waals surface area contributed by atoms with E-state index in [9.17, 15) is 22.0 Å². The zero-order valence-electron chi connectivity index (χ0n) is 14.8. The highest BCUT2D eigenvalue weighted by molar-refractivity contribution is 7.89. The predicted molar refractivity (Wildman–Crippen MR) is 93.3 cm³/mol. The number of amides is 1. The van der Waals surface area contributed by atoms with Crippen LogP contribution >= 0.6 is 0 Å². The number of carbonyl (C=O) groups excluding carboxylic acids is 1. The molecule has 7 nitrogen and oxygen atoms in total. The van der Waals surface area contributed by atoms with E-state index in [0.29, 0.717) is 13.1 Å². The number of sulfonamides is 1. The maximum atomic E-state index is 13.7. The highest BCUT2D eigenvalue weighted by Gasteiger charge is 2.33. The number of aryl methyl sites for hydroxylation is 1. The van der Waals surface area contributed by atoms with Gasteiger partial charge in [0.05, 0.1) is 5.56 Å². The molecule has 2 heterocycles. The van der Waals surface area contributed by atoms with E-state index < -0.39 is 27.6 Å². The number of piperidine rings is 1. The standard InChI is InChI=1S/C17H20F2N4O3S/c1-22-11-14(16(24)20-10-12-5-6-13(18)9-15(12)19)17(21-22)27(25,26)23-7-3-2-4-8-23/h5-6,9,11H,2-4,7-8,10H2,1H3,(H,20,24). The summed E-state index contributed by atoms with van der Waals surface area (Å²) in [6, 6.07) is 3.03. The molecule has 0 unspecified atom stereocenters. The Morgan fingerprint density at radius 3 is 2.59 bits per heavy atom. The van der Waals surface area contributed by atoms with Crippen LogP contribution in [0.15, 0.2) is 29.4 Å². The van der Waals surface area contributed by atoms with E-state index >= 15 is 0 Å². The Morgan fingerprint density at radius 1 is 1.22 bits per heavy atom. The molecule has 10 heteroatoms. The zero-order chi connectivity index (χ0) is 19.6. The molecule has 0 atom stereocenters. The van der Waals surface area contributed by atoms with Gasteiger partial charge in [-0.1, -0.05) is 12.5 Å². The Hall–Kier alpha value is -2.33. The van der Waals surface area contributed by atoms with Crippen LogP contribution in [0.2, 0.25) is 0 Å². The molecule has 1 aromatic heterocycles. The van der Waals surface area contributed by atoms with Gasteiger partial charge < -0.3 is 5.32 Å². The summed E-state index contributed by atoms with van der Waals surface area (Å²) in [4.78, 5) is 12.5. The van der Waals surface area contributed by atoms with Crippen molar-refractivity contribution in [2.75, 3.05) is 13.1 Å². The lowest BCUT2D eigenvalue weighted by Gasteiger charge is -2.25. The first-order valence-corrected chi connectivity index (χ1v) is 9.99. The topological polar surface area (TPSA) is 84.3 Å². The van der Waals surface area contributed by atoms with Crippen molar-refractivity contribution in [3.63, 3.8) is 0 Å². The minimum absolute atomic E-state index is 0.0917. The molecule has 1 aliphatic heterocycles. The summed E-state index contributed by atoms with van der Waals surface area (Å²) in [5.41, 5.74) is -0.0142. The Labute approximate surface area is 156 Å². The van der Waals surface area contributed by atoms with Crippen molar-refractivity contribution in [3.8, 4) is 0 Å². The molecule has 0 aliphatic carbocycles. The van der Waals surface area contributed by atoms with Crippen LogP contribution in [0.3, 0.4) is 0 Å². The smallest absolute Gasteiger partial charge is 0.263 e. The Balaban J connectivity index is 1.81. The van der Waals surface area contributed by atoms with Crippen LogP contribution < -0.4 is 5.32 Å². The number of halogens is 2. The van der Waals surface area contributed by atoms with Gasteiger partial charge in [-0.3, -0.25) is 9.48 Å². The van der Waals surface area contributed by atoms with Gasteiger partial charge in [0.1, 0.15) is 11.6 Å². The molecule has 1 amide bonds. The first kappa shape index (κ1) is 19.4. The highest BCUT2D eigenvalue weighted by Crippen LogP contribution is 2.22. The van der Waals surface area contributed by atoms with E-state index in [2.05, 4.69) is 10.4 Å². The lowest BCUT2D eigenvalue weighted by atomic mass is 10.2. The second-order valence-corrected chi connectivity index (χ2v) is 8.26. The predicted octanol–water partition coefficient (Wildman–Crippen LogP) is 1.80. The van der Waals surface area contributed by atoms with Crippen LogP contribution in [0.4, 0.5) is 8.78 Å². The molecule has 3 rings (SSSR count). The monoisotopic (exact) mass is 398 g/mol. The minimum Gasteiger partial charge on any atom is -0.348 e. The third kappa shape index (κ3) is 4.16. The van der Waals surface area contributed by atoms with Gasteiger partial charge >= 0.3 is 0 Å². The normalized spacial score (nSPS) is 15.7. The summed E-state index contributed by atoms with van der Waals surface area (Å²) in [7, 11) is -2.38. The van der Waals surface area contributed by atoms with E-state index in [4.69, 9.17) is 0 Å². The van der Waals surface area contributed by atoms with E-state index in [1.54, 1.807) is 0 Å². The van der Waals surface area contributed by atoms with E-state index in [-0.39, 0.29) is 22.7 Å². The fourth-order valence-corrected chi connectivity index (χ4v) is 4.62. The van der Waals surface area contributed by atoms with E-state index in [1.807, 2.05) is 0 Å². The molecule has 1 aliphatic rings. The first-order chi connectivity index (χ1) is 12.8. The van der Waals surface area contributed by atoms with Gasteiger partial charge in [0.2, 0.25) is 5.03 Å². The van der Waals surface area contributed by atoms with E-state index in [0.717, 1.165) is 31.4 Å². The summed E-state index contributed by atoms with van der Waals surface area (Å²) < 4.78 is 55.0. The second kappa shape index (κ2) is 7.73. The third-order valence-corrected chi connectivity index (χ3v) is 6.23. The Morgan fingerprint density at radius 2 is 1.93 bits per heavy atom. The van der Waals surface area contributed by atoms with Gasteiger partial charge in [-0.15, -0.1) is 0 Å². The second-order valence-electron chi connectivity index (χ2n) is 6.40. The molecule has 2 aromatic rings. The van der Waals surface area contributed by atoms with Crippen molar-refractivity contribution in [1.82, 2.24) is 19.4 Å². The molecular formula is C17H20F2N4O3S. The van der Waals surface area contributed by atoms with Crippen molar-refractivity contribution in [2.24, 2.45) is 7.05 Å². The molecule has 0 radical (unpaired) electrons. The quantitative estimate of drug-likeness (QED) is 0.833. The molecule has 146 valence electrons. The van der Waals surface area contributed by atoms with Crippen LogP contribution in [0, 0.1) is 11.6 Å². The summed E-state index contributed by atoms with van der Waals surface area (Å²) in [5, 5.41) is 6.12. The fraction of sp³-hybridized carbons (Fsp3) is 0.412. The van der Waals surface area contributed by atoms with Gasteiger partial charge in [0.25, 0.3) is 15.9 Å². The molecule has 1 fully saturated rings. The highest BCUT2D eigenvalue weighted by atomic mass is 32.2.